The lowest BCUT2D eigenvalue weighted by Gasteiger charge is -2.50. The first kappa shape index (κ1) is 14.3. The van der Waals surface area contributed by atoms with Crippen molar-refractivity contribution in [1.82, 2.24) is 15.1 Å². The number of likely N-dealkylation sites (N-methyl/N-ethyl adjacent to an activating group) is 1. The van der Waals surface area contributed by atoms with Gasteiger partial charge in [0.1, 0.15) is 0 Å². The molecule has 0 amide bonds. The summed E-state index contributed by atoms with van der Waals surface area (Å²) in [6.07, 6.45) is 2.63. The first-order valence-corrected chi connectivity index (χ1v) is 7.69. The van der Waals surface area contributed by atoms with Gasteiger partial charge < -0.3 is 5.32 Å². The Morgan fingerprint density at radius 2 is 1.83 bits per heavy atom. The SMILES string of the molecule is CCNC(CCC(C)(C)C)C1CN2CCN1CC2. The van der Waals surface area contributed by atoms with E-state index in [4.69, 9.17) is 0 Å². The lowest BCUT2D eigenvalue weighted by Crippen LogP contribution is -2.66. The molecule has 3 saturated heterocycles. The molecule has 0 aromatic rings. The van der Waals surface area contributed by atoms with Crippen molar-refractivity contribution < 1.29 is 0 Å². The summed E-state index contributed by atoms with van der Waals surface area (Å²) in [7, 11) is 0. The van der Waals surface area contributed by atoms with E-state index in [0.717, 1.165) is 12.6 Å². The molecule has 18 heavy (non-hydrogen) atoms. The maximum Gasteiger partial charge on any atom is 0.0377 e. The van der Waals surface area contributed by atoms with Crippen molar-refractivity contribution in [3.05, 3.63) is 0 Å². The van der Waals surface area contributed by atoms with Crippen LogP contribution in [0.2, 0.25) is 0 Å². The number of fused-ring (bicyclic) bond motifs is 3. The maximum absolute atomic E-state index is 3.74. The Labute approximate surface area is 113 Å². The normalized spacial score (nSPS) is 33.7. The highest BCUT2D eigenvalue weighted by Crippen LogP contribution is 2.26. The van der Waals surface area contributed by atoms with Crippen molar-refractivity contribution in [2.45, 2.75) is 52.6 Å². The van der Waals surface area contributed by atoms with Crippen molar-refractivity contribution in [3.8, 4) is 0 Å². The zero-order chi connectivity index (χ0) is 13.2. The van der Waals surface area contributed by atoms with Gasteiger partial charge in [-0.15, -0.1) is 0 Å². The molecular weight excluding hydrogens is 222 g/mol. The maximum atomic E-state index is 3.74. The van der Waals surface area contributed by atoms with Crippen LogP contribution in [0.25, 0.3) is 0 Å². The van der Waals surface area contributed by atoms with Crippen molar-refractivity contribution in [3.63, 3.8) is 0 Å². The number of piperazine rings is 3. The van der Waals surface area contributed by atoms with Crippen LogP contribution in [-0.4, -0.2) is 61.2 Å². The summed E-state index contributed by atoms with van der Waals surface area (Å²) in [6.45, 7) is 16.8. The third-order valence-electron chi connectivity index (χ3n) is 4.46. The topological polar surface area (TPSA) is 18.5 Å². The lowest BCUT2D eigenvalue weighted by atomic mass is 9.86. The summed E-state index contributed by atoms with van der Waals surface area (Å²) in [4.78, 5) is 5.36. The van der Waals surface area contributed by atoms with Gasteiger partial charge in [0.15, 0.2) is 0 Å². The Morgan fingerprint density at radius 1 is 1.17 bits per heavy atom. The Kier molecular flexibility index (Phi) is 4.68. The first-order chi connectivity index (χ1) is 8.49. The molecule has 0 aromatic carbocycles. The lowest BCUT2D eigenvalue weighted by molar-refractivity contribution is -0.00568. The predicted molar refractivity (Wildman–Crippen MR) is 78.0 cm³/mol. The van der Waals surface area contributed by atoms with Crippen LogP contribution in [0.15, 0.2) is 0 Å². The molecule has 2 bridgehead atoms. The van der Waals surface area contributed by atoms with Crippen LogP contribution < -0.4 is 5.32 Å². The smallest absolute Gasteiger partial charge is 0.0377 e. The Balaban J connectivity index is 1.92. The molecule has 2 unspecified atom stereocenters. The van der Waals surface area contributed by atoms with Crippen molar-refractivity contribution in [2.24, 2.45) is 5.41 Å². The fraction of sp³-hybridized carbons (Fsp3) is 1.00. The highest BCUT2D eigenvalue weighted by Gasteiger charge is 2.36. The summed E-state index contributed by atoms with van der Waals surface area (Å²) in [5.74, 6) is 0. The highest BCUT2D eigenvalue weighted by molar-refractivity contribution is 4.95. The van der Waals surface area contributed by atoms with Crippen LogP contribution in [0.4, 0.5) is 0 Å². The molecule has 3 nitrogen and oxygen atoms in total. The second-order valence-corrected chi connectivity index (χ2v) is 7.17. The van der Waals surface area contributed by atoms with Gasteiger partial charge in [0.05, 0.1) is 0 Å². The van der Waals surface area contributed by atoms with Crippen molar-refractivity contribution in [2.75, 3.05) is 39.3 Å². The molecule has 106 valence electrons. The molecule has 0 saturated carbocycles. The van der Waals surface area contributed by atoms with Crippen LogP contribution in [0.1, 0.15) is 40.5 Å². The van der Waals surface area contributed by atoms with Gasteiger partial charge in [-0.25, -0.2) is 0 Å². The zero-order valence-corrected chi connectivity index (χ0v) is 12.7. The quantitative estimate of drug-likeness (QED) is 0.806. The van der Waals surface area contributed by atoms with E-state index in [1.807, 2.05) is 0 Å². The highest BCUT2D eigenvalue weighted by atomic mass is 15.4. The minimum absolute atomic E-state index is 0.455. The first-order valence-electron chi connectivity index (χ1n) is 7.69. The van der Waals surface area contributed by atoms with Crippen molar-refractivity contribution in [1.29, 1.82) is 0 Å². The molecule has 0 aliphatic carbocycles. The molecule has 3 fully saturated rings. The third-order valence-corrected chi connectivity index (χ3v) is 4.46. The van der Waals surface area contributed by atoms with E-state index >= 15 is 0 Å². The van der Waals surface area contributed by atoms with E-state index < -0.39 is 0 Å². The standard InChI is InChI=1S/C15H31N3/c1-5-16-13(6-7-15(2,3)4)14-12-17-8-10-18(14)11-9-17/h13-14,16H,5-12H2,1-4H3. The summed E-state index contributed by atoms with van der Waals surface area (Å²) < 4.78 is 0. The van der Waals surface area contributed by atoms with Gasteiger partial charge in [0, 0.05) is 44.8 Å². The van der Waals surface area contributed by atoms with Gasteiger partial charge >= 0.3 is 0 Å². The molecule has 3 heterocycles. The van der Waals surface area contributed by atoms with Crippen LogP contribution in [0, 0.1) is 5.41 Å². The summed E-state index contributed by atoms with van der Waals surface area (Å²) in [6, 6.07) is 1.42. The van der Waals surface area contributed by atoms with Crippen molar-refractivity contribution >= 4 is 0 Å². The molecule has 3 rings (SSSR count). The van der Waals surface area contributed by atoms with Gasteiger partial charge in [-0.1, -0.05) is 27.7 Å². The minimum atomic E-state index is 0.455. The minimum Gasteiger partial charge on any atom is -0.313 e. The van der Waals surface area contributed by atoms with Crippen LogP contribution >= 0.6 is 0 Å². The van der Waals surface area contributed by atoms with E-state index in [1.54, 1.807) is 0 Å². The number of nitrogens with zero attached hydrogens (tertiary/aromatic N) is 2. The largest absolute Gasteiger partial charge is 0.313 e. The molecule has 0 spiro atoms. The Bertz CT molecular complexity index is 251. The summed E-state index contributed by atoms with van der Waals surface area (Å²) in [5, 5.41) is 3.74. The number of rotatable bonds is 5. The fourth-order valence-corrected chi connectivity index (χ4v) is 3.32. The van der Waals surface area contributed by atoms with Gasteiger partial charge in [-0.3, -0.25) is 9.80 Å². The predicted octanol–water partition coefficient (Wildman–Crippen LogP) is 1.79. The van der Waals surface area contributed by atoms with Crippen LogP contribution in [-0.2, 0) is 0 Å². The average Bonchev–Trinajstić information content (AvgIpc) is 2.34. The van der Waals surface area contributed by atoms with E-state index in [1.165, 1.54) is 45.6 Å². The van der Waals surface area contributed by atoms with Crippen LogP contribution in [0.3, 0.4) is 0 Å². The molecule has 3 heteroatoms. The molecule has 3 aliphatic rings. The third kappa shape index (κ3) is 3.69. The monoisotopic (exact) mass is 253 g/mol. The van der Waals surface area contributed by atoms with Gasteiger partial charge in [0.2, 0.25) is 0 Å². The number of hydrogen-bond acceptors (Lipinski definition) is 3. The number of hydrogen-bond donors (Lipinski definition) is 1. The van der Waals surface area contributed by atoms with Gasteiger partial charge in [-0.05, 0) is 24.8 Å². The fourth-order valence-electron chi connectivity index (χ4n) is 3.32. The number of nitrogens with one attached hydrogen (secondary N) is 1. The van der Waals surface area contributed by atoms with Gasteiger partial charge in [0.25, 0.3) is 0 Å². The second-order valence-electron chi connectivity index (χ2n) is 7.17. The summed E-state index contributed by atoms with van der Waals surface area (Å²) in [5.41, 5.74) is 0.455. The average molecular weight is 253 g/mol. The Morgan fingerprint density at radius 3 is 2.28 bits per heavy atom. The zero-order valence-electron chi connectivity index (χ0n) is 12.7. The molecule has 0 aromatic heterocycles. The summed E-state index contributed by atoms with van der Waals surface area (Å²) >= 11 is 0. The van der Waals surface area contributed by atoms with Gasteiger partial charge in [-0.2, -0.15) is 0 Å². The molecular formula is C15H31N3. The molecule has 0 radical (unpaired) electrons. The molecule has 3 aliphatic heterocycles. The Hall–Kier alpha value is -0.120. The molecule has 2 atom stereocenters. The second kappa shape index (κ2) is 5.89. The van der Waals surface area contributed by atoms with E-state index in [9.17, 15) is 0 Å². The van der Waals surface area contributed by atoms with E-state index in [0.29, 0.717) is 11.5 Å². The van der Waals surface area contributed by atoms with E-state index in [2.05, 4.69) is 42.8 Å². The van der Waals surface area contributed by atoms with E-state index in [-0.39, 0.29) is 0 Å². The molecule has 1 N–H and O–H groups in total. The van der Waals surface area contributed by atoms with Crippen LogP contribution in [0.5, 0.6) is 0 Å².